The van der Waals surface area contributed by atoms with Crippen LogP contribution in [-0.2, 0) is 4.79 Å². The molecule has 1 aliphatic carbocycles. The molecule has 1 saturated carbocycles. The standard InChI is InChI=1S/C14H16N2O5/c17-12(10-5-4-6-11(9-10)16(20)21)15-14(13(18)19)7-2-1-3-8-14/h4-6,9H,1-3,7-8H2,(H,15,17)(H,18,19). The molecule has 0 atom stereocenters. The van der Waals surface area contributed by atoms with Crippen LogP contribution in [0.25, 0.3) is 0 Å². The number of hydrogen-bond acceptors (Lipinski definition) is 4. The van der Waals surface area contributed by atoms with Gasteiger partial charge in [-0.15, -0.1) is 0 Å². The Hall–Kier alpha value is -2.44. The van der Waals surface area contributed by atoms with E-state index >= 15 is 0 Å². The van der Waals surface area contributed by atoms with Crippen molar-refractivity contribution >= 4 is 17.6 Å². The molecule has 21 heavy (non-hydrogen) atoms. The summed E-state index contributed by atoms with van der Waals surface area (Å²) in [4.78, 5) is 33.8. The maximum atomic E-state index is 12.2. The molecule has 0 spiro atoms. The predicted molar refractivity (Wildman–Crippen MR) is 74.0 cm³/mol. The molecule has 112 valence electrons. The first kappa shape index (κ1) is 15.0. The van der Waals surface area contributed by atoms with Crippen LogP contribution in [0, 0.1) is 10.1 Å². The third-order valence-corrected chi connectivity index (χ3v) is 3.79. The van der Waals surface area contributed by atoms with Crippen molar-refractivity contribution in [1.29, 1.82) is 0 Å². The summed E-state index contributed by atoms with van der Waals surface area (Å²) in [5.41, 5.74) is -1.37. The lowest BCUT2D eigenvalue weighted by atomic mass is 9.81. The number of rotatable bonds is 4. The minimum atomic E-state index is -1.26. The zero-order valence-corrected chi connectivity index (χ0v) is 11.4. The van der Waals surface area contributed by atoms with Gasteiger partial charge in [0, 0.05) is 17.7 Å². The van der Waals surface area contributed by atoms with Crippen molar-refractivity contribution in [3.63, 3.8) is 0 Å². The van der Waals surface area contributed by atoms with Crippen LogP contribution in [0.2, 0.25) is 0 Å². The highest BCUT2D eigenvalue weighted by molar-refractivity contribution is 5.98. The average Bonchev–Trinajstić information content (AvgIpc) is 2.48. The largest absolute Gasteiger partial charge is 0.480 e. The summed E-state index contributed by atoms with van der Waals surface area (Å²) >= 11 is 0. The molecule has 0 unspecified atom stereocenters. The Morgan fingerprint density at radius 3 is 2.48 bits per heavy atom. The summed E-state index contributed by atoms with van der Waals surface area (Å²) in [7, 11) is 0. The second-order valence-electron chi connectivity index (χ2n) is 5.21. The molecule has 0 aromatic heterocycles. The molecule has 0 aliphatic heterocycles. The quantitative estimate of drug-likeness (QED) is 0.652. The molecule has 1 aromatic carbocycles. The van der Waals surface area contributed by atoms with Gasteiger partial charge in [-0.2, -0.15) is 0 Å². The number of nitro benzene ring substituents is 1. The maximum Gasteiger partial charge on any atom is 0.329 e. The van der Waals surface area contributed by atoms with Gasteiger partial charge in [0.15, 0.2) is 0 Å². The molecule has 0 bridgehead atoms. The highest BCUT2D eigenvalue weighted by Crippen LogP contribution is 2.29. The van der Waals surface area contributed by atoms with Gasteiger partial charge in [0.1, 0.15) is 5.54 Å². The lowest BCUT2D eigenvalue weighted by Crippen LogP contribution is -2.55. The number of aliphatic carboxylic acids is 1. The van der Waals surface area contributed by atoms with Crippen molar-refractivity contribution < 1.29 is 19.6 Å². The van der Waals surface area contributed by atoms with E-state index in [-0.39, 0.29) is 11.3 Å². The molecule has 7 nitrogen and oxygen atoms in total. The second-order valence-corrected chi connectivity index (χ2v) is 5.21. The molecule has 1 fully saturated rings. The van der Waals surface area contributed by atoms with Gasteiger partial charge in [0.05, 0.1) is 4.92 Å². The third kappa shape index (κ3) is 3.18. The lowest BCUT2D eigenvalue weighted by molar-refractivity contribution is -0.384. The van der Waals surface area contributed by atoms with E-state index in [1.807, 2.05) is 0 Å². The Morgan fingerprint density at radius 2 is 1.90 bits per heavy atom. The molecule has 0 saturated heterocycles. The zero-order chi connectivity index (χ0) is 15.5. The molecule has 1 aromatic rings. The van der Waals surface area contributed by atoms with E-state index in [0.717, 1.165) is 25.3 Å². The lowest BCUT2D eigenvalue weighted by Gasteiger charge is -2.33. The number of carbonyl (C=O) groups is 2. The van der Waals surface area contributed by atoms with E-state index in [2.05, 4.69) is 5.32 Å². The molecular formula is C14H16N2O5. The van der Waals surface area contributed by atoms with Gasteiger partial charge < -0.3 is 10.4 Å². The van der Waals surface area contributed by atoms with Crippen LogP contribution in [0.4, 0.5) is 5.69 Å². The van der Waals surface area contributed by atoms with E-state index in [4.69, 9.17) is 0 Å². The van der Waals surface area contributed by atoms with Crippen LogP contribution in [-0.4, -0.2) is 27.4 Å². The Kier molecular flexibility index (Phi) is 4.21. The summed E-state index contributed by atoms with van der Waals surface area (Å²) in [5, 5.41) is 22.7. The van der Waals surface area contributed by atoms with E-state index < -0.39 is 22.3 Å². The monoisotopic (exact) mass is 292 g/mol. The van der Waals surface area contributed by atoms with Crippen LogP contribution in [0.15, 0.2) is 24.3 Å². The molecular weight excluding hydrogens is 276 g/mol. The van der Waals surface area contributed by atoms with Crippen LogP contribution in [0.1, 0.15) is 42.5 Å². The first-order chi connectivity index (χ1) is 9.94. The fourth-order valence-corrected chi connectivity index (χ4v) is 2.60. The van der Waals surface area contributed by atoms with E-state index in [1.165, 1.54) is 18.2 Å². The number of benzene rings is 1. The smallest absolute Gasteiger partial charge is 0.329 e. The van der Waals surface area contributed by atoms with Crippen molar-refractivity contribution in [1.82, 2.24) is 5.32 Å². The van der Waals surface area contributed by atoms with Gasteiger partial charge in [0.25, 0.3) is 11.6 Å². The minimum absolute atomic E-state index is 0.0930. The van der Waals surface area contributed by atoms with Gasteiger partial charge in [0.2, 0.25) is 0 Å². The minimum Gasteiger partial charge on any atom is -0.480 e. The van der Waals surface area contributed by atoms with Crippen LogP contribution in [0.3, 0.4) is 0 Å². The Morgan fingerprint density at radius 1 is 1.24 bits per heavy atom. The number of carbonyl (C=O) groups excluding carboxylic acids is 1. The number of carboxylic acid groups (broad SMARTS) is 1. The predicted octanol–water partition coefficient (Wildman–Crippen LogP) is 2.11. The number of nitrogens with one attached hydrogen (secondary N) is 1. The highest BCUT2D eigenvalue weighted by atomic mass is 16.6. The van der Waals surface area contributed by atoms with Crippen LogP contribution >= 0.6 is 0 Å². The summed E-state index contributed by atoms with van der Waals surface area (Å²) in [6.07, 6.45) is 3.18. The third-order valence-electron chi connectivity index (χ3n) is 3.79. The van der Waals surface area contributed by atoms with Crippen molar-refractivity contribution in [3.05, 3.63) is 39.9 Å². The van der Waals surface area contributed by atoms with Crippen LogP contribution in [0.5, 0.6) is 0 Å². The number of amides is 1. The first-order valence-corrected chi connectivity index (χ1v) is 6.75. The van der Waals surface area contributed by atoms with Gasteiger partial charge in [-0.25, -0.2) is 4.79 Å². The number of hydrogen-bond donors (Lipinski definition) is 2. The van der Waals surface area contributed by atoms with Crippen molar-refractivity contribution in [2.45, 2.75) is 37.6 Å². The fraction of sp³-hybridized carbons (Fsp3) is 0.429. The van der Waals surface area contributed by atoms with E-state index in [9.17, 15) is 24.8 Å². The van der Waals surface area contributed by atoms with Gasteiger partial charge in [-0.3, -0.25) is 14.9 Å². The van der Waals surface area contributed by atoms with E-state index in [1.54, 1.807) is 0 Å². The fourth-order valence-electron chi connectivity index (χ4n) is 2.60. The first-order valence-electron chi connectivity index (χ1n) is 6.75. The molecule has 0 radical (unpaired) electrons. The SMILES string of the molecule is O=C(NC1(C(=O)O)CCCCC1)c1cccc([N+](=O)[O-])c1. The number of nitro groups is 1. The Labute approximate surface area is 121 Å². The zero-order valence-electron chi connectivity index (χ0n) is 11.4. The van der Waals surface area contributed by atoms with Gasteiger partial charge in [-0.05, 0) is 18.9 Å². The van der Waals surface area contributed by atoms with Gasteiger partial charge in [-0.1, -0.05) is 25.3 Å². The van der Waals surface area contributed by atoms with Crippen molar-refractivity contribution in [3.8, 4) is 0 Å². The molecule has 7 heteroatoms. The average molecular weight is 292 g/mol. The second kappa shape index (κ2) is 5.90. The number of carboxylic acids is 1. The maximum absolute atomic E-state index is 12.2. The summed E-state index contributed by atoms with van der Waals surface area (Å²) < 4.78 is 0. The number of nitrogens with zero attached hydrogens (tertiary/aromatic N) is 1. The molecule has 2 rings (SSSR count). The summed E-state index contributed by atoms with van der Waals surface area (Å²) in [6.45, 7) is 0. The Balaban J connectivity index is 2.21. The topological polar surface area (TPSA) is 110 Å². The summed E-state index contributed by atoms with van der Waals surface area (Å²) in [5.74, 6) is -1.65. The van der Waals surface area contributed by atoms with Crippen molar-refractivity contribution in [2.75, 3.05) is 0 Å². The normalized spacial score (nSPS) is 17.0. The summed E-state index contributed by atoms with van der Waals surface area (Å²) in [6, 6.07) is 5.26. The van der Waals surface area contributed by atoms with Gasteiger partial charge >= 0.3 is 5.97 Å². The molecule has 1 amide bonds. The van der Waals surface area contributed by atoms with Crippen LogP contribution < -0.4 is 5.32 Å². The molecule has 0 heterocycles. The highest BCUT2D eigenvalue weighted by Gasteiger charge is 2.41. The molecule has 2 N–H and O–H groups in total. The molecule has 1 aliphatic rings. The Bertz CT molecular complexity index is 578. The van der Waals surface area contributed by atoms with Crippen molar-refractivity contribution in [2.24, 2.45) is 0 Å². The number of non-ortho nitro benzene ring substituents is 1. The van der Waals surface area contributed by atoms with E-state index in [0.29, 0.717) is 12.8 Å².